The number of carbonyl (C=O) groups is 1. The number of nitro benzene ring substituents is 1. The molecule has 2 aromatic carbocycles. The number of carbonyl (C=O) groups excluding carboxylic acids is 1. The fraction of sp³-hybridized carbons (Fsp3) is 0.0714. The van der Waals surface area contributed by atoms with Crippen LogP contribution in [0.3, 0.4) is 0 Å². The van der Waals surface area contributed by atoms with Gasteiger partial charge < -0.3 is 15.2 Å². The predicted octanol–water partition coefficient (Wildman–Crippen LogP) is 1.57. The molecule has 0 aromatic heterocycles. The third kappa shape index (κ3) is 2.92. The number of nitrogens with zero attached hydrogens (tertiary/aromatic N) is 1. The van der Waals surface area contributed by atoms with E-state index < -0.39 is 10.9 Å². The first-order chi connectivity index (χ1) is 9.59. The van der Waals surface area contributed by atoms with Crippen molar-refractivity contribution in [1.29, 1.82) is 0 Å². The summed E-state index contributed by atoms with van der Waals surface area (Å²) in [4.78, 5) is 21.4. The van der Waals surface area contributed by atoms with Crippen molar-refractivity contribution in [2.45, 2.75) is 6.54 Å². The molecule has 0 aliphatic carbocycles. The summed E-state index contributed by atoms with van der Waals surface area (Å²) in [6.07, 6.45) is 0. The summed E-state index contributed by atoms with van der Waals surface area (Å²) in [5.41, 5.74) is 0.855. The molecule has 102 valence electrons. The van der Waals surface area contributed by atoms with Crippen molar-refractivity contribution in [2.24, 2.45) is 0 Å². The first-order valence-corrected chi connectivity index (χ1v) is 5.86. The Morgan fingerprint density at radius 1 is 1.10 bits per heavy atom. The van der Waals surface area contributed by atoms with Gasteiger partial charge in [-0.25, -0.2) is 0 Å². The lowest BCUT2D eigenvalue weighted by Gasteiger charge is -2.12. The van der Waals surface area contributed by atoms with Gasteiger partial charge in [0.2, 0.25) is 0 Å². The van der Waals surface area contributed by atoms with Crippen molar-refractivity contribution in [2.75, 3.05) is 5.32 Å². The van der Waals surface area contributed by atoms with Crippen molar-refractivity contribution in [3.8, 4) is 0 Å². The molecule has 2 rings (SSSR count). The topological polar surface area (TPSA) is 95.3 Å². The Bertz CT molecular complexity index is 598. The molecule has 0 bridgehead atoms. The van der Waals surface area contributed by atoms with Gasteiger partial charge in [0.15, 0.2) is 0 Å². The summed E-state index contributed by atoms with van der Waals surface area (Å²) in [5.74, 6) is -1.30. The molecule has 0 spiro atoms. The Morgan fingerprint density at radius 2 is 1.75 bits per heavy atom. The predicted molar refractivity (Wildman–Crippen MR) is 71.2 cm³/mol. The molecule has 0 aliphatic heterocycles. The number of hydrogen-bond donors (Lipinski definition) is 1. The van der Waals surface area contributed by atoms with Gasteiger partial charge in [0, 0.05) is 29.4 Å². The monoisotopic (exact) mass is 271 g/mol. The molecule has 0 fully saturated rings. The van der Waals surface area contributed by atoms with Gasteiger partial charge in [-0.05, 0) is 6.07 Å². The van der Waals surface area contributed by atoms with Gasteiger partial charge in [-0.1, -0.05) is 36.4 Å². The molecule has 1 N–H and O–H groups in total. The van der Waals surface area contributed by atoms with E-state index in [4.69, 9.17) is 0 Å². The van der Waals surface area contributed by atoms with E-state index in [2.05, 4.69) is 5.32 Å². The van der Waals surface area contributed by atoms with Gasteiger partial charge in [-0.3, -0.25) is 10.1 Å². The van der Waals surface area contributed by atoms with Crippen molar-refractivity contribution >= 4 is 17.3 Å². The second-order valence-electron chi connectivity index (χ2n) is 4.07. The van der Waals surface area contributed by atoms with Gasteiger partial charge in [0.25, 0.3) is 5.69 Å². The molecule has 6 nitrogen and oxygen atoms in total. The summed E-state index contributed by atoms with van der Waals surface area (Å²) in [7, 11) is 0. The average molecular weight is 271 g/mol. The summed E-state index contributed by atoms with van der Waals surface area (Å²) < 4.78 is 0. The Morgan fingerprint density at radius 3 is 2.45 bits per heavy atom. The molecule has 0 atom stereocenters. The standard InChI is InChI=1S/C14H12N2O4/c17-14(18)11-6-2-3-7-12(11)15-9-10-5-1-4-8-13(10)16(19)20/h1-8,15H,9H2,(H,17,18)/p-1. The number of para-hydroxylation sites is 2. The SMILES string of the molecule is O=C([O-])c1ccccc1NCc1ccccc1[N+](=O)[O-]. The van der Waals surface area contributed by atoms with E-state index in [9.17, 15) is 20.0 Å². The maximum Gasteiger partial charge on any atom is 0.274 e. The van der Waals surface area contributed by atoms with Crippen LogP contribution in [-0.4, -0.2) is 10.9 Å². The number of anilines is 1. The minimum Gasteiger partial charge on any atom is -0.545 e. The number of nitro groups is 1. The third-order valence-corrected chi connectivity index (χ3v) is 2.80. The van der Waals surface area contributed by atoms with Gasteiger partial charge in [-0.15, -0.1) is 0 Å². The van der Waals surface area contributed by atoms with Crippen LogP contribution < -0.4 is 10.4 Å². The summed E-state index contributed by atoms with van der Waals surface area (Å²) in [6.45, 7) is 0.154. The fourth-order valence-corrected chi connectivity index (χ4v) is 1.84. The van der Waals surface area contributed by atoms with Gasteiger partial charge in [-0.2, -0.15) is 0 Å². The van der Waals surface area contributed by atoms with Crippen LogP contribution in [0, 0.1) is 10.1 Å². The lowest BCUT2D eigenvalue weighted by molar-refractivity contribution is -0.385. The second kappa shape index (κ2) is 5.83. The molecule has 6 heteroatoms. The maximum absolute atomic E-state index is 10.9. The average Bonchev–Trinajstić information content (AvgIpc) is 2.45. The molecule has 0 saturated heterocycles. The highest BCUT2D eigenvalue weighted by Crippen LogP contribution is 2.20. The molecule has 0 aliphatic rings. The van der Waals surface area contributed by atoms with Crippen LogP contribution in [0.15, 0.2) is 48.5 Å². The van der Waals surface area contributed by atoms with Crippen LogP contribution in [0.2, 0.25) is 0 Å². The second-order valence-corrected chi connectivity index (χ2v) is 4.07. The normalized spacial score (nSPS) is 10.0. The van der Waals surface area contributed by atoms with E-state index in [1.807, 2.05) is 0 Å². The van der Waals surface area contributed by atoms with E-state index in [0.29, 0.717) is 11.3 Å². The molecule has 0 amide bonds. The largest absolute Gasteiger partial charge is 0.545 e. The van der Waals surface area contributed by atoms with Crippen molar-refractivity contribution in [3.63, 3.8) is 0 Å². The number of carboxylic acid groups (broad SMARTS) is 1. The molecule has 0 radical (unpaired) electrons. The van der Waals surface area contributed by atoms with Crippen LogP contribution in [0.1, 0.15) is 15.9 Å². The molecule has 0 heterocycles. The quantitative estimate of drug-likeness (QED) is 0.657. The number of hydrogen-bond acceptors (Lipinski definition) is 5. The number of benzene rings is 2. The highest BCUT2D eigenvalue weighted by atomic mass is 16.6. The van der Waals surface area contributed by atoms with E-state index in [-0.39, 0.29) is 17.8 Å². The maximum atomic E-state index is 10.9. The van der Waals surface area contributed by atoms with Crippen LogP contribution in [0.5, 0.6) is 0 Å². The van der Waals surface area contributed by atoms with Crippen molar-refractivity contribution < 1.29 is 14.8 Å². The molecular formula is C14H11N2O4-. The number of rotatable bonds is 5. The molecule has 0 saturated carbocycles. The van der Waals surface area contributed by atoms with E-state index in [1.165, 1.54) is 12.1 Å². The van der Waals surface area contributed by atoms with Gasteiger partial charge in [0.1, 0.15) is 0 Å². The summed E-state index contributed by atoms with van der Waals surface area (Å²) >= 11 is 0. The minimum absolute atomic E-state index is 0.00840. The molecule has 0 unspecified atom stereocenters. The third-order valence-electron chi connectivity index (χ3n) is 2.80. The Kier molecular flexibility index (Phi) is 3.95. The van der Waals surface area contributed by atoms with E-state index in [0.717, 1.165) is 0 Å². The zero-order valence-electron chi connectivity index (χ0n) is 10.4. The van der Waals surface area contributed by atoms with Crippen LogP contribution in [-0.2, 0) is 6.54 Å². The smallest absolute Gasteiger partial charge is 0.274 e. The number of carboxylic acids is 1. The Balaban J connectivity index is 2.22. The van der Waals surface area contributed by atoms with E-state index in [1.54, 1.807) is 36.4 Å². The van der Waals surface area contributed by atoms with Gasteiger partial charge >= 0.3 is 0 Å². The minimum atomic E-state index is -1.30. The Labute approximate surface area is 114 Å². The first kappa shape index (κ1) is 13.5. The van der Waals surface area contributed by atoms with Crippen molar-refractivity contribution in [3.05, 3.63) is 69.8 Å². The highest BCUT2D eigenvalue weighted by Gasteiger charge is 2.12. The first-order valence-electron chi connectivity index (χ1n) is 5.86. The van der Waals surface area contributed by atoms with Crippen LogP contribution >= 0.6 is 0 Å². The van der Waals surface area contributed by atoms with Gasteiger partial charge in [0.05, 0.1) is 10.9 Å². The lowest BCUT2D eigenvalue weighted by Crippen LogP contribution is -2.23. The number of aromatic carboxylic acids is 1. The van der Waals surface area contributed by atoms with Crippen molar-refractivity contribution in [1.82, 2.24) is 0 Å². The molecular weight excluding hydrogens is 260 g/mol. The lowest BCUT2D eigenvalue weighted by atomic mass is 10.1. The fourth-order valence-electron chi connectivity index (χ4n) is 1.84. The Hall–Kier alpha value is -2.89. The van der Waals surface area contributed by atoms with E-state index >= 15 is 0 Å². The molecule has 20 heavy (non-hydrogen) atoms. The zero-order chi connectivity index (χ0) is 14.5. The zero-order valence-corrected chi connectivity index (χ0v) is 10.4. The molecule has 2 aromatic rings. The van der Waals surface area contributed by atoms with Crippen LogP contribution in [0.4, 0.5) is 11.4 Å². The number of nitrogens with one attached hydrogen (secondary N) is 1. The highest BCUT2D eigenvalue weighted by molar-refractivity contribution is 5.92. The summed E-state index contributed by atoms with van der Waals surface area (Å²) in [5, 5.41) is 24.7. The summed E-state index contributed by atoms with van der Waals surface area (Å²) in [6, 6.07) is 12.5. The van der Waals surface area contributed by atoms with Crippen LogP contribution in [0.25, 0.3) is 0 Å².